The summed E-state index contributed by atoms with van der Waals surface area (Å²) in [5.41, 5.74) is -0.429. The molecule has 1 saturated heterocycles. The number of rotatable bonds is 4. The smallest absolute Gasteiger partial charge is 0.289 e. The van der Waals surface area contributed by atoms with E-state index in [1.807, 2.05) is 0 Å². The van der Waals surface area contributed by atoms with Gasteiger partial charge in [0.1, 0.15) is 0 Å². The van der Waals surface area contributed by atoms with Gasteiger partial charge in [0.15, 0.2) is 4.90 Å². The largest absolute Gasteiger partial charge is 0.315 e. The maximum Gasteiger partial charge on any atom is 0.289 e. The van der Waals surface area contributed by atoms with Crippen molar-refractivity contribution < 1.29 is 13.3 Å². The van der Waals surface area contributed by atoms with Crippen LogP contribution in [-0.2, 0) is 10.0 Å². The number of nitro benzene ring substituents is 1. The minimum absolute atomic E-state index is 0.233. The molecule has 9 heteroatoms. The lowest BCUT2D eigenvalue weighted by molar-refractivity contribution is -0.387. The summed E-state index contributed by atoms with van der Waals surface area (Å²) in [6.45, 7) is 1.26. The number of benzene rings is 1. The standard InChI is InChI=1S/C10H12BrN3O4S/c11-7-1-2-9(14(15)16)10(5-7)19(17,18)13-8-3-4-12-6-8/h1-2,5,8,12-13H,3-4,6H2. The number of nitrogens with zero attached hydrogens (tertiary/aromatic N) is 1. The summed E-state index contributed by atoms with van der Waals surface area (Å²) in [7, 11) is -3.90. The fourth-order valence-corrected chi connectivity index (χ4v) is 3.87. The zero-order valence-corrected chi connectivity index (χ0v) is 12.2. The molecule has 1 aliphatic heterocycles. The van der Waals surface area contributed by atoms with E-state index in [4.69, 9.17) is 0 Å². The van der Waals surface area contributed by atoms with Crippen molar-refractivity contribution in [1.82, 2.24) is 10.0 Å². The Labute approximate surface area is 118 Å². The molecular weight excluding hydrogens is 338 g/mol. The molecule has 1 fully saturated rings. The van der Waals surface area contributed by atoms with Gasteiger partial charge < -0.3 is 5.32 Å². The first-order chi connectivity index (χ1) is 8.90. The summed E-state index contributed by atoms with van der Waals surface area (Å²) < 4.78 is 27.4. The first kappa shape index (κ1) is 14.4. The average Bonchev–Trinajstić information content (AvgIpc) is 2.80. The van der Waals surface area contributed by atoms with E-state index in [1.165, 1.54) is 18.2 Å². The van der Waals surface area contributed by atoms with Crippen molar-refractivity contribution in [1.29, 1.82) is 0 Å². The molecule has 0 aromatic heterocycles. The molecule has 0 bridgehead atoms. The van der Waals surface area contributed by atoms with Gasteiger partial charge in [-0.2, -0.15) is 0 Å². The lowest BCUT2D eigenvalue weighted by Crippen LogP contribution is -2.36. The van der Waals surface area contributed by atoms with Crippen LogP contribution in [0.2, 0.25) is 0 Å². The zero-order chi connectivity index (χ0) is 14.0. The summed E-state index contributed by atoms with van der Waals surface area (Å²) in [6.07, 6.45) is 0.668. The summed E-state index contributed by atoms with van der Waals surface area (Å²) in [5.74, 6) is 0. The van der Waals surface area contributed by atoms with Crippen molar-refractivity contribution >= 4 is 31.6 Å². The lowest BCUT2D eigenvalue weighted by atomic mass is 10.3. The Balaban J connectivity index is 2.38. The van der Waals surface area contributed by atoms with E-state index in [1.54, 1.807) is 0 Å². The molecule has 104 valence electrons. The van der Waals surface area contributed by atoms with E-state index in [2.05, 4.69) is 26.0 Å². The van der Waals surface area contributed by atoms with Gasteiger partial charge in [-0.15, -0.1) is 0 Å². The maximum atomic E-state index is 12.2. The minimum atomic E-state index is -3.90. The van der Waals surface area contributed by atoms with E-state index in [0.717, 1.165) is 6.54 Å². The van der Waals surface area contributed by atoms with Crippen LogP contribution in [0.25, 0.3) is 0 Å². The molecule has 19 heavy (non-hydrogen) atoms. The van der Waals surface area contributed by atoms with Crippen LogP contribution in [0, 0.1) is 10.1 Å². The van der Waals surface area contributed by atoms with Gasteiger partial charge in [-0.25, -0.2) is 13.1 Å². The molecule has 1 heterocycles. The molecule has 1 aromatic carbocycles. The van der Waals surface area contributed by atoms with E-state index >= 15 is 0 Å². The number of halogens is 1. The molecule has 0 radical (unpaired) electrons. The highest BCUT2D eigenvalue weighted by Crippen LogP contribution is 2.27. The molecule has 0 aliphatic carbocycles. The van der Waals surface area contributed by atoms with Gasteiger partial charge in [0, 0.05) is 23.1 Å². The SMILES string of the molecule is O=[N+]([O-])c1ccc(Br)cc1S(=O)(=O)NC1CCNC1. The number of hydrogen-bond donors (Lipinski definition) is 2. The van der Waals surface area contributed by atoms with Gasteiger partial charge >= 0.3 is 0 Å². The molecule has 1 aliphatic rings. The van der Waals surface area contributed by atoms with Crippen LogP contribution < -0.4 is 10.0 Å². The van der Waals surface area contributed by atoms with Gasteiger partial charge in [-0.3, -0.25) is 10.1 Å². The number of sulfonamides is 1. The van der Waals surface area contributed by atoms with Crippen LogP contribution in [0.15, 0.2) is 27.6 Å². The maximum absolute atomic E-state index is 12.2. The third kappa shape index (κ3) is 3.30. The molecule has 1 unspecified atom stereocenters. The number of nitrogens with one attached hydrogen (secondary N) is 2. The summed E-state index contributed by atoms with van der Waals surface area (Å²) in [4.78, 5) is 9.88. The summed E-state index contributed by atoms with van der Waals surface area (Å²) >= 11 is 3.12. The normalized spacial score (nSPS) is 19.5. The highest BCUT2D eigenvalue weighted by atomic mass is 79.9. The minimum Gasteiger partial charge on any atom is -0.315 e. The molecule has 2 rings (SSSR count). The topological polar surface area (TPSA) is 101 Å². The number of nitro groups is 1. The quantitative estimate of drug-likeness (QED) is 0.623. The Hall–Kier alpha value is -1.03. The van der Waals surface area contributed by atoms with Crippen molar-refractivity contribution in [3.05, 3.63) is 32.8 Å². The van der Waals surface area contributed by atoms with Crippen LogP contribution in [0.3, 0.4) is 0 Å². The second-order valence-corrected chi connectivity index (χ2v) is 6.78. The highest BCUT2D eigenvalue weighted by Gasteiger charge is 2.29. The Kier molecular flexibility index (Phi) is 4.19. The van der Waals surface area contributed by atoms with Crippen molar-refractivity contribution in [2.24, 2.45) is 0 Å². The molecule has 1 atom stereocenters. The number of hydrogen-bond acceptors (Lipinski definition) is 5. The van der Waals surface area contributed by atoms with E-state index in [9.17, 15) is 18.5 Å². The van der Waals surface area contributed by atoms with Crippen molar-refractivity contribution in [3.8, 4) is 0 Å². The van der Waals surface area contributed by atoms with Crippen LogP contribution in [0.4, 0.5) is 5.69 Å². The summed E-state index contributed by atoms with van der Waals surface area (Å²) in [6, 6.07) is 3.62. The van der Waals surface area contributed by atoms with Crippen LogP contribution in [0.5, 0.6) is 0 Å². The highest BCUT2D eigenvalue weighted by molar-refractivity contribution is 9.10. The monoisotopic (exact) mass is 349 g/mol. The first-order valence-corrected chi connectivity index (χ1v) is 7.85. The van der Waals surface area contributed by atoms with E-state index in [0.29, 0.717) is 17.4 Å². The first-order valence-electron chi connectivity index (χ1n) is 5.57. The predicted octanol–water partition coefficient (Wildman–Crippen LogP) is 0.998. The molecule has 0 saturated carbocycles. The Morgan fingerprint density at radius 3 is 2.79 bits per heavy atom. The van der Waals surface area contributed by atoms with Crippen LogP contribution >= 0.6 is 15.9 Å². The van der Waals surface area contributed by atoms with E-state index < -0.39 is 20.6 Å². The van der Waals surface area contributed by atoms with Gasteiger partial charge in [0.05, 0.1) is 4.92 Å². The van der Waals surface area contributed by atoms with Crippen molar-refractivity contribution in [2.75, 3.05) is 13.1 Å². The van der Waals surface area contributed by atoms with Gasteiger partial charge in [0.2, 0.25) is 10.0 Å². The molecule has 0 spiro atoms. The van der Waals surface area contributed by atoms with E-state index in [-0.39, 0.29) is 10.9 Å². The van der Waals surface area contributed by atoms with Crippen LogP contribution in [-0.4, -0.2) is 32.5 Å². The Morgan fingerprint density at radius 2 is 2.21 bits per heavy atom. The molecular formula is C10H12BrN3O4S. The van der Waals surface area contributed by atoms with Crippen molar-refractivity contribution in [3.63, 3.8) is 0 Å². The molecule has 7 nitrogen and oxygen atoms in total. The third-order valence-electron chi connectivity index (χ3n) is 2.79. The third-order valence-corrected chi connectivity index (χ3v) is 4.83. The summed E-state index contributed by atoms with van der Waals surface area (Å²) in [5, 5.41) is 13.9. The van der Waals surface area contributed by atoms with Crippen LogP contribution in [0.1, 0.15) is 6.42 Å². The Bertz CT molecular complexity index is 599. The van der Waals surface area contributed by atoms with Gasteiger partial charge in [-0.05, 0) is 25.1 Å². The zero-order valence-electron chi connectivity index (χ0n) is 9.80. The fourth-order valence-electron chi connectivity index (χ4n) is 1.89. The van der Waals surface area contributed by atoms with Crippen molar-refractivity contribution in [2.45, 2.75) is 17.4 Å². The average molecular weight is 350 g/mol. The fraction of sp³-hybridized carbons (Fsp3) is 0.400. The second kappa shape index (κ2) is 5.53. The molecule has 2 N–H and O–H groups in total. The molecule has 0 amide bonds. The van der Waals surface area contributed by atoms with Gasteiger partial charge in [-0.1, -0.05) is 15.9 Å². The predicted molar refractivity (Wildman–Crippen MR) is 72.4 cm³/mol. The Morgan fingerprint density at radius 1 is 1.47 bits per heavy atom. The second-order valence-electron chi connectivity index (χ2n) is 4.18. The van der Waals surface area contributed by atoms with Gasteiger partial charge in [0.25, 0.3) is 5.69 Å². The lowest BCUT2D eigenvalue weighted by Gasteiger charge is -2.12. The molecule has 1 aromatic rings.